The van der Waals surface area contributed by atoms with Crippen molar-refractivity contribution >= 4 is 10.0 Å². The first kappa shape index (κ1) is 21.2. The van der Waals surface area contributed by atoms with E-state index in [-0.39, 0.29) is 16.6 Å². The standard InChI is InChI=1S/C20H23N5O5S/c1-28-15-5-6-18(17(11-15)29-2)31(26,27)25-9-3-4-14(13-25)10-19-23-20(24-30-19)16-12-21-7-8-22-16/h5-8,11-12,14H,3-4,9-10,13H2,1-2H3. The molecule has 1 aliphatic rings. The van der Waals surface area contributed by atoms with Crippen LogP contribution in [-0.4, -0.2) is 60.1 Å². The highest BCUT2D eigenvalue weighted by Gasteiger charge is 2.33. The molecule has 0 N–H and O–H groups in total. The smallest absolute Gasteiger partial charge is 0.246 e. The third-order valence-electron chi connectivity index (χ3n) is 5.19. The minimum atomic E-state index is -3.72. The third-order valence-corrected chi connectivity index (χ3v) is 7.10. The fraction of sp³-hybridized carbons (Fsp3) is 0.400. The number of nitrogens with zero attached hydrogens (tertiary/aromatic N) is 5. The molecular formula is C20H23N5O5S. The molecule has 3 heterocycles. The highest BCUT2D eigenvalue weighted by atomic mass is 32.2. The number of piperidine rings is 1. The number of aromatic nitrogens is 4. The fourth-order valence-electron chi connectivity index (χ4n) is 3.64. The van der Waals surface area contributed by atoms with Gasteiger partial charge in [-0.25, -0.2) is 13.4 Å². The van der Waals surface area contributed by atoms with Crippen LogP contribution >= 0.6 is 0 Å². The van der Waals surface area contributed by atoms with E-state index in [0.29, 0.717) is 42.7 Å². The van der Waals surface area contributed by atoms with Gasteiger partial charge in [0.25, 0.3) is 0 Å². The van der Waals surface area contributed by atoms with Gasteiger partial charge < -0.3 is 14.0 Å². The van der Waals surface area contributed by atoms with Crippen LogP contribution in [0.1, 0.15) is 18.7 Å². The third kappa shape index (κ3) is 4.52. The average molecular weight is 446 g/mol. The number of hydrogen-bond acceptors (Lipinski definition) is 9. The second kappa shape index (κ2) is 8.98. The van der Waals surface area contributed by atoms with Crippen molar-refractivity contribution in [2.45, 2.75) is 24.2 Å². The number of ether oxygens (including phenoxy) is 2. The van der Waals surface area contributed by atoms with Crippen molar-refractivity contribution in [2.75, 3.05) is 27.3 Å². The SMILES string of the molecule is COc1ccc(S(=O)(=O)N2CCCC(Cc3nc(-c4cnccn4)no3)C2)c(OC)c1. The number of sulfonamides is 1. The van der Waals surface area contributed by atoms with Crippen molar-refractivity contribution in [3.05, 3.63) is 42.7 Å². The molecule has 1 unspecified atom stereocenters. The van der Waals surface area contributed by atoms with Gasteiger partial charge in [0.1, 0.15) is 22.1 Å². The summed E-state index contributed by atoms with van der Waals surface area (Å²) in [7, 11) is -0.764. The van der Waals surface area contributed by atoms with Gasteiger partial charge in [0.05, 0.1) is 20.4 Å². The van der Waals surface area contributed by atoms with Gasteiger partial charge in [-0.2, -0.15) is 9.29 Å². The lowest BCUT2D eigenvalue weighted by Gasteiger charge is -2.31. The monoisotopic (exact) mass is 445 g/mol. The first-order chi connectivity index (χ1) is 15.0. The van der Waals surface area contributed by atoms with E-state index in [0.717, 1.165) is 12.8 Å². The molecule has 0 spiro atoms. The summed E-state index contributed by atoms with van der Waals surface area (Å²) in [6, 6.07) is 4.70. The largest absolute Gasteiger partial charge is 0.497 e. The van der Waals surface area contributed by atoms with Crippen LogP contribution in [0.5, 0.6) is 11.5 Å². The molecule has 0 saturated carbocycles. The van der Waals surface area contributed by atoms with Crippen molar-refractivity contribution in [1.82, 2.24) is 24.4 Å². The highest BCUT2D eigenvalue weighted by Crippen LogP contribution is 2.33. The van der Waals surface area contributed by atoms with E-state index < -0.39 is 10.0 Å². The molecule has 11 heteroatoms. The first-order valence-electron chi connectivity index (χ1n) is 9.82. The predicted octanol–water partition coefficient (Wildman–Crippen LogP) is 2.19. The van der Waals surface area contributed by atoms with Gasteiger partial charge in [0.15, 0.2) is 0 Å². The molecule has 10 nitrogen and oxygen atoms in total. The van der Waals surface area contributed by atoms with Gasteiger partial charge >= 0.3 is 0 Å². The van der Waals surface area contributed by atoms with Gasteiger partial charge in [-0.15, -0.1) is 0 Å². The maximum Gasteiger partial charge on any atom is 0.246 e. The zero-order valence-corrected chi connectivity index (χ0v) is 18.1. The Morgan fingerprint density at radius 2 is 2.10 bits per heavy atom. The summed E-state index contributed by atoms with van der Waals surface area (Å²) in [6.07, 6.45) is 6.79. The van der Waals surface area contributed by atoms with Gasteiger partial charge in [-0.1, -0.05) is 5.16 Å². The second-order valence-corrected chi connectivity index (χ2v) is 9.10. The molecule has 164 valence electrons. The van der Waals surface area contributed by atoms with E-state index in [1.165, 1.54) is 24.6 Å². The van der Waals surface area contributed by atoms with E-state index in [1.54, 1.807) is 30.7 Å². The van der Waals surface area contributed by atoms with Gasteiger partial charge in [0, 0.05) is 38.0 Å². The van der Waals surface area contributed by atoms with Crippen LogP contribution in [0, 0.1) is 5.92 Å². The Labute approximate surface area is 180 Å². The van der Waals surface area contributed by atoms with E-state index in [2.05, 4.69) is 20.1 Å². The molecule has 0 amide bonds. The van der Waals surface area contributed by atoms with Crippen LogP contribution in [0.4, 0.5) is 0 Å². The lowest BCUT2D eigenvalue weighted by molar-refractivity contribution is 0.246. The molecule has 0 bridgehead atoms. The lowest BCUT2D eigenvalue weighted by atomic mass is 9.96. The number of rotatable bonds is 7. The van der Waals surface area contributed by atoms with Crippen LogP contribution in [-0.2, 0) is 16.4 Å². The van der Waals surface area contributed by atoms with E-state index >= 15 is 0 Å². The first-order valence-corrected chi connectivity index (χ1v) is 11.3. The quantitative estimate of drug-likeness (QED) is 0.539. The Balaban J connectivity index is 1.49. The maximum atomic E-state index is 13.3. The Morgan fingerprint density at radius 3 is 2.84 bits per heavy atom. The van der Waals surface area contributed by atoms with Crippen LogP contribution in [0.3, 0.4) is 0 Å². The van der Waals surface area contributed by atoms with Crippen LogP contribution in [0.25, 0.3) is 11.5 Å². The summed E-state index contributed by atoms with van der Waals surface area (Å²) in [5.41, 5.74) is 0.525. The zero-order chi connectivity index (χ0) is 21.8. The van der Waals surface area contributed by atoms with Crippen LogP contribution in [0.2, 0.25) is 0 Å². The summed E-state index contributed by atoms with van der Waals surface area (Å²) in [5, 5.41) is 3.96. The van der Waals surface area contributed by atoms with Crippen LogP contribution < -0.4 is 9.47 Å². The van der Waals surface area contributed by atoms with Crippen LogP contribution in [0.15, 0.2) is 46.2 Å². The Kier molecular flexibility index (Phi) is 6.14. The molecule has 2 aromatic heterocycles. The molecule has 1 fully saturated rings. The molecule has 1 atom stereocenters. The Hall–Kier alpha value is -3.05. The fourth-order valence-corrected chi connectivity index (χ4v) is 5.33. The molecule has 1 aliphatic heterocycles. The molecule has 1 saturated heterocycles. The lowest BCUT2D eigenvalue weighted by Crippen LogP contribution is -2.40. The summed E-state index contributed by atoms with van der Waals surface area (Å²) in [6.45, 7) is 0.809. The van der Waals surface area contributed by atoms with E-state index in [4.69, 9.17) is 14.0 Å². The minimum absolute atomic E-state index is 0.0583. The van der Waals surface area contributed by atoms with Crippen molar-refractivity contribution < 1.29 is 22.4 Å². The molecule has 0 aliphatic carbocycles. The van der Waals surface area contributed by atoms with Crippen molar-refractivity contribution in [2.24, 2.45) is 5.92 Å². The molecule has 31 heavy (non-hydrogen) atoms. The summed E-state index contributed by atoms with van der Waals surface area (Å²) in [4.78, 5) is 12.7. The molecule has 0 radical (unpaired) electrons. The summed E-state index contributed by atoms with van der Waals surface area (Å²) >= 11 is 0. The number of hydrogen-bond donors (Lipinski definition) is 0. The molecule has 1 aromatic carbocycles. The average Bonchev–Trinajstić information content (AvgIpc) is 3.27. The topological polar surface area (TPSA) is 121 Å². The Bertz CT molecular complexity index is 1140. The van der Waals surface area contributed by atoms with Gasteiger partial charge in [0.2, 0.25) is 21.7 Å². The zero-order valence-electron chi connectivity index (χ0n) is 17.3. The van der Waals surface area contributed by atoms with E-state index in [9.17, 15) is 8.42 Å². The summed E-state index contributed by atoms with van der Waals surface area (Å²) < 4.78 is 43.9. The molecular weight excluding hydrogens is 422 g/mol. The summed E-state index contributed by atoms with van der Waals surface area (Å²) in [5.74, 6) is 1.66. The number of benzene rings is 1. The minimum Gasteiger partial charge on any atom is -0.497 e. The van der Waals surface area contributed by atoms with E-state index in [1.807, 2.05) is 0 Å². The highest BCUT2D eigenvalue weighted by molar-refractivity contribution is 7.89. The number of methoxy groups -OCH3 is 2. The van der Waals surface area contributed by atoms with Gasteiger partial charge in [-0.05, 0) is 30.9 Å². The second-order valence-electron chi connectivity index (χ2n) is 7.19. The molecule has 3 aromatic rings. The predicted molar refractivity (Wildman–Crippen MR) is 110 cm³/mol. The van der Waals surface area contributed by atoms with Crippen molar-refractivity contribution in [1.29, 1.82) is 0 Å². The molecule has 4 rings (SSSR count). The Morgan fingerprint density at radius 1 is 1.23 bits per heavy atom. The maximum absolute atomic E-state index is 13.3. The van der Waals surface area contributed by atoms with Crippen molar-refractivity contribution in [3.8, 4) is 23.0 Å². The normalized spacial score (nSPS) is 17.4. The van der Waals surface area contributed by atoms with Gasteiger partial charge in [-0.3, -0.25) is 4.98 Å². The van der Waals surface area contributed by atoms with Crippen molar-refractivity contribution in [3.63, 3.8) is 0 Å².